The summed E-state index contributed by atoms with van der Waals surface area (Å²) < 4.78 is 0. The van der Waals surface area contributed by atoms with Crippen molar-refractivity contribution in [1.82, 2.24) is 4.90 Å². The molecule has 1 fully saturated rings. The Morgan fingerprint density at radius 1 is 1.10 bits per heavy atom. The molecule has 0 radical (unpaired) electrons. The largest absolute Gasteiger partial charge is 0.368 e. The Morgan fingerprint density at radius 3 is 2.52 bits per heavy atom. The molecule has 0 aliphatic carbocycles. The van der Waals surface area contributed by atoms with Gasteiger partial charge >= 0.3 is 0 Å². The van der Waals surface area contributed by atoms with E-state index >= 15 is 0 Å². The van der Waals surface area contributed by atoms with Crippen LogP contribution in [0.4, 0.5) is 5.69 Å². The fraction of sp³-hybridized carbons (Fsp3) is 0.353. The van der Waals surface area contributed by atoms with Crippen molar-refractivity contribution in [2.24, 2.45) is 0 Å². The standard InChI is InChI=1S/C17H20N2OS/c1-2-14-6-3-4-7-15(14)18-9-11-19(12-10-18)17(20)16-8-5-13-21-16/h3-8,13H,2,9-12H2,1H3. The molecule has 0 unspecified atom stereocenters. The van der Waals surface area contributed by atoms with Crippen LogP contribution in [0, 0.1) is 0 Å². The second-order valence-corrected chi connectivity index (χ2v) is 6.19. The lowest BCUT2D eigenvalue weighted by molar-refractivity contribution is 0.0751. The fourth-order valence-electron chi connectivity index (χ4n) is 2.82. The van der Waals surface area contributed by atoms with E-state index in [1.807, 2.05) is 22.4 Å². The highest BCUT2D eigenvalue weighted by molar-refractivity contribution is 7.12. The number of nitrogens with zero attached hydrogens (tertiary/aromatic N) is 2. The number of hydrogen-bond donors (Lipinski definition) is 0. The molecule has 110 valence electrons. The van der Waals surface area contributed by atoms with E-state index < -0.39 is 0 Å². The molecule has 0 atom stereocenters. The number of aryl methyl sites for hydroxylation is 1. The van der Waals surface area contributed by atoms with Crippen LogP contribution in [0.5, 0.6) is 0 Å². The van der Waals surface area contributed by atoms with Crippen LogP contribution >= 0.6 is 11.3 Å². The third-order valence-electron chi connectivity index (χ3n) is 4.01. The van der Waals surface area contributed by atoms with Crippen molar-refractivity contribution < 1.29 is 4.79 Å². The Kier molecular flexibility index (Phi) is 4.25. The first kappa shape index (κ1) is 14.1. The van der Waals surface area contributed by atoms with E-state index in [9.17, 15) is 4.79 Å². The van der Waals surface area contributed by atoms with Gasteiger partial charge in [0.1, 0.15) is 0 Å². The fourth-order valence-corrected chi connectivity index (χ4v) is 3.52. The number of thiophene rings is 1. The molecule has 1 saturated heterocycles. The minimum Gasteiger partial charge on any atom is -0.368 e. The molecule has 0 saturated carbocycles. The minimum atomic E-state index is 0.174. The molecular formula is C17H20N2OS. The Bertz CT molecular complexity index is 601. The summed E-state index contributed by atoms with van der Waals surface area (Å²) in [5, 5.41) is 1.96. The Labute approximate surface area is 129 Å². The second kappa shape index (κ2) is 6.31. The maximum atomic E-state index is 12.3. The molecule has 3 rings (SSSR count). The molecule has 1 aliphatic heterocycles. The van der Waals surface area contributed by atoms with Crippen LogP contribution in [0.1, 0.15) is 22.2 Å². The van der Waals surface area contributed by atoms with Crippen LogP contribution in [-0.2, 0) is 6.42 Å². The SMILES string of the molecule is CCc1ccccc1N1CCN(C(=O)c2cccs2)CC1. The van der Waals surface area contributed by atoms with Gasteiger partial charge in [-0.1, -0.05) is 31.2 Å². The molecule has 0 bridgehead atoms. The molecular weight excluding hydrogens is 280 g/mol. The number of hydrogen-bond acceptors (Lipinski definition) is 3. The lowest BCUT2D eigenvalue weighted by Gasteiger charge is -2.36. The van der Waals surface area contributed by atoms with E-state index in [2.05, 4.69) is 36.1 Å². The van der Waals surface area contributed by atoms with Crippen LogP contribution in [0.15, 0.2) is 41.8 Å². The second-order valence-electron chi connectivity index (χ2n) is 5.24. The first-order valence-electron chi connectivity index (χ1n) is 7.45. The quantitative estimate of drug-likeness (QED) is 0.868. The maximum absolute atomic E-state index is 12.3. The number of benzene rings is 1. The summed E-state index contributed by atoms with van der Waals surface area (Å²) in [5.74, 6) is 0.174. The summed E-state index contributed by atoms with van der Waals surface area (Å²) in [7, 11) is 0. The predicted molar refractivity (Wildman–Crippen MR) is 88.3 cm³/mol. The van der Waals surface area contributed by atoms with E-state index in [1.54, 1.807) is 0 Å². The number of amides is 1. The van der Waals surface area contributed by atoms with Crippen molar-refractivity contribution in [3.05, 3.63) is 52.2 Å². The zero-order chi connectivity index (χ0) is 14.7. The molecule has 0 N–H and O–H groups in total. The van der Waals surface area contributed by atoms with Gasteiger partial charge in [0, 0.05) is 31.9 Å². The van der Waals surface area contributed by atoms with Crippen molar-refractivity contribution in [2.45, 2.75) is 13.3 Å². The summed E-state index contributed by atoms with van der Waals surface area (Å²) >= 11 is 1.52. The number of rotatable bonds is 3. The van der Waals surface area contributed by atoms with Gasteiger partial charge in [-0.05, 0) is 29.5 Å². The molecule has 1 aromatic heterocycles. The topological polar surface area (TPSA) is 23.6 Å². The first-order chi connectivity index (χ1) is 10.3. The first-order valence-corrected chi connectivity index (χ1v) is 8.33. The average molecular weight is 300 g/mol. The predicted octanol–water partition coefficient (Wildman–Crippen LogP) is 3.27. The molecule has 2 aromatic rings. The van der Waals surface area contributed by atoms with Gasteiger partial charge in [-0.15, -0.1) is 11.3 Å². The molecule has 4 heteroatoms. The molecule has 3 nitrogen and oxygen atoms in total. The number of anilines is 1. The molecule has 1 aliphatic rings. The highest BCUT2D eigenvalue weighted by Gasteiger charge is 2.23. The summed E-state index contributed by atoms with van der Waals surface area (Å²) in [6.45, 7) is 5.61. The van der Waals surface area contributed by atoms with Crippen LogP contribution in [0.2, 0.25) is 0 Å². The van der Waals surface area contributed by atoms with E-state index in [0.717, 1.165) is 37.5 Å². The Balaban J connectivity index is 1.66. The van der Waals surface area contributed by atoms with E-state index in [1.165, 1.54) is 22.6 Å². The van der Waals surface area contributed by atoms with Crippen LogP contribution in [0.3, 0.4) is 0 Å². The van der Waals surface area contributed by atoms with Gasteiger partial charge in [-0.2, -0.15) is 0 Å². The van der Waals surface area contributed by atoms with Gasteiger partial charge in [0.2, 0.25) is 0 Å². The third kappa shape index (κ3) is 2.95. The zero-order valence-electron chi connectivity index (χ0n) is 12.3. The van der Waals surface area contributed by atoms with E-state index in [4.69, 9.17) is 0 Å². The van der Waals surface area contributed by atoms with Gasteiger partial charge in [0.15, 0.2) is 0 Å². The zero-order valence-corrected chi connectivity index (χ0v) is 13.1. The van der Waals surface area contributed by atoms with Crippen molar-refractivity contribution >= 4 is 22.9 Å². The molecule has 1 amide bonds. The van der Waals surface area contributed by atoms with Crippen molar-refractivity contribution in [1.29, 1.82) is 0 Å². The maximum Gasteiger partial charge on any atom is 0.264 e. The smallest absolute Gasteiger partial charge is 0.264 e. The number of piperazine rings is 1. The summed E-state index contributed by atoms with van der Waals surface area (Å²) in [5.41, 5.74) is 2.71. The molecule has 21 heavy (non-hydrogen) atoms. The highest BCUT2D eigenvalue weighted by Crippen LogP contribution is 2.23. The summed E-state index contributed by atoms with van der Waals surface area (Å²) in [6.07, 6.45) is 1.05. The van der Waals surface area contributed by atoms with Gasteiger partial charge < -0.3 is 9.80 Å². The number of para-hydroxylation sites is 1. The normalized spacial score (nSPS) is 15.3. The lowest BCUT2D eigenvalue weighted by atomic mass is 10.1. The monoisotopic (exact) mass is 300 g/mol. The van der Waals surface area contributed by atoms with Crippen molar-refractivity contribution in [2.75, 3.05) is 31.1 Å². The molecule has 0 spiro atoms. The highest BCUT2D eigenvalue weighted by atomic mass is 32.1. The van der Waals surface area contributed by atoms with Gasteiger partial charge in [0.25, 0.3) is 5.91 Å². The van der Waals surface area contributed by atoms with Crippen LogP contribution in [-0.4, -0.2) is 37.0 Å². The van der Waals surface area contributed by atoms with Gasteiger partial charge in [0.05, 0.1) is 4.88 Å². The average Bonchev–Trinajstić information content (AvgIpc) is 3.09. The van der Waals surface area contributed by atoms with Crippen molar-refractivity contribution in [3.8, 4) is 0 Å². The molecule has 2 heterocycles. The van der Waals surface area contributed by atoms with Crippen molar-refractivity contribution in [3.63, 3.8) is 0 Å². The Hall–Kier alpha value is -1.81. The third-order valence-corrected chi connectivity index (χ3v) is 4.87. The minimum absolute atomic E-state index is 0.174. The van der Waals surface area contributed by atoms with Crippen LogP contribution < -0.4 is 4.90 Å². The van der Waals surface area contributed by atoms with E-state index in [-0.39, 0.29) is 5.91 Å². The Morgan fingerprint density at radius 2 is 1.86 bits per heavy atom. The summed E-state index contributed by atoms with van der Waals surface area (Å²) in [4.78, 5) is 17.6. The van der Waals surface area contributed by atoms with Gasteiger partial charge in [-0.3, -0.25) is 4.79 Å². The number of carbonyl (C=O) groups excluding carboxylic acids is 1. The van der Waals surface area contributed by atoms with Crippen LogP contribution in [0.25, 0.3) is 0 Å². The van der Waals surface area contributed by atoms with E-state index in [0.29, 0.717) is 0 Å². The number of carbonyl (C=O) groups is 1. The summed E-state index contributed by atoms with van der Waals surface area (Å²) in [6, 6.07) is 12.4. The lowest BCUT2D eigenvalue weighted by Crippen LogP contribution is -2.48. The molecule has 1 aromatic carbocycles. The van der Waals surface area contributed by atoms with Gasteiger partial charge in [-0.25, -0.2) is 0 Å².